The number of rotatable bonds is 9. The van der Waals surface area contributed by atoms with Crippen molar-refractivity contribution < 1.29 is 9.47 Å². The molecule has 0 atom stereocenters. The van der Waals surface area contributed by atoms with Gasteiger partial charge < -0.3 is 19.2 Å². The highest BCUT2D eigenvalue weighted by molar-refractivity contribution is 8.04. The van der Waals surface area contributed by atoms with Crippen LogP contribution in [0.4, 0.5) is 5.69 Å². The maximum Gasteiger partial charge on any atom is 0.116 e. The highest BCUT2D eigenvalue weighted by atomic mass is 32.2. The second kappa shape index (κ2) is 12.0. The Bertz CT molecular complexity index is 860. The summed E-state index contributed by atoms with van der Waals surface area (Å²) >= 11 is 1.43. The summed E-state index contributed by atoms with van der Waals surface area (Å²) in [6.07, 6.45) is 8.83. The Hall–Kier alpha value is -2.62. The number of ether oxygens (including phenoxy) is 2. The lowest BCUT2D eigenvalue weighted by Crippen LogP contribution is -2.28. The number of anilines is 1. The lowest BCUT2D eigenvalue weighted by Gasteiger charge is -2.21. The number of hydrogen-bond donors (Lipinski definition) is 2. The quantitative estimate of drug-likeness (QED) is 0.300. The number of benzene rings is 1. The molecule has 0 fully saturated rings. The van der Waals surface area contributed by atoms with Crippen LogP contribution in [0.2, 0.25) is 0 Å². The number of methoxy groups -OCH3 is 1. The summed E-state index contributed by atoms with van der Waals surface area (Å²) in [4.78, 5) is 4.07. The first-order valence-electron chi connectivity index (χ1n) is 9.10. The van der Waals surface area contributed by atoms with Crippen LogP contribution in [-0.4, -0.2) is 24.3 Å². The minimum Gasteiger partial charge on any atom is -0.498 e. The summed E-state index contributed by atoms with van der Waals surface area (Å²) in [5, 5.41) is 10.0. The molecule has 0 aliphatic carbocycles. The van der Waals surface area contributed by atoms with E-state index >= 15 is 0 Å². The third-order valence-corrected chi connectivity index (χ3v) is 4.60. The van der Waals surface area contributed by atoms with Gasteiger partial charge in [0.2, 0.25) is 0 Å². The van der Waals surface area contributed by atoms with Crippen molar-refractivity contribution in [2.75, 3.05) is 18.4 Å². The summed E-state index contributed by atoms with van der Waals surface area (Å²) in [6, 6.07) is 7.98. The van der Waals surface area contributed by atoms with Crippen molar-refractivity contribution in [2.24, 2.45) is 0 Å². The van der Waals surface area contributed by atoms with E-state index < -0.39 is 0 Å². The van der Waals surface area contributed by atoms with Crippen LogP contribution < -0.4 is 4.72 Å². The predicted molar refractivity (Wildman–Crippen MR) is 120 cm³/mol. The zero-order valence-corrected chi connectivity index (χ0v) is 18.0. The van der Waals surface area contributed by atoms with Crippen LogP contribution in [0.25, 0.3) is 10.9 Å². The van der Waals surface area contributed by atoms with E-state index in [4.69, 9.17) is 14.7 Å². The SMILES string of the molecule is C=C/C(=C\C=C\OCC(C)(C)OC)SNc1cccc2c(C#N)c[nH]c12.CC. The molecule has 1 aromatic carbocycles. The predicted octanol–water partition coefficient (Wildman–Crippen LogP) is 6.15. The highest BCUT2D eigenvalue weighted by Crippen LogP contribution is 2.28. The Kier molecular flexibility index (Phi) is 10.0. The summed E-state index contributed by atoms with van der Waals surface area (Å²) < 4.78 is 14.1. The van der Waals surface area contributed by atoms with Crippen molar-refractivity contribution in [3.8, 4) is 6.07 Å². The van der Waals surface area contributed by atoms with Gasteiger partial charge in [0.25, 0.3) is 0 Å². The van der Waals surface area contributed by atoms with Crippen molar-refractivity contribution in [3.05, 3.63) is 65.9 Å². The Labute approximate surface area is 172 Å². The van der Waals surface area contributed by atoms with Gasteiger partial charge in [-0.15, -0.1) is 0 Å². The van der Waals surface area contributed by atoms with E-state index in [1.807, 2.05) is 58.0 Å². The number of aromatic amines is 1. The first-order chi connectivity index (χ1) is 13.5. The number of nitrogens with one attached hydrogen (secondary N) is 2. The normalized spacial score (nSPS) is 11.6. The molecule has 150 valence electrons. The fourth-order valence-electron chi connectivity index (χ4n) is 2.09. The molecular formula is C22H29N3O2S. The van der Waals surface area contributed by atoms with Gasteiger partial charge in [0.15, 0.2) is 0 Å². The molecule has 0 aliphatic rings. The van der Waals surface area contributed by atoms with E-state index in [2.05, 4.69) is 22.4 Å². The van der Waals surface area contributed by atoms with Crippen LogP contribution in [0, 0.1) is 11.3 Å². The number of para-hydroxylation sites is 1. The molecule has 5 nitrogen and oxygen atoms in total. The van der Waals surface area contributed by atoms with Crippen molar-refractivity contribution in [1.29, 1.82) is 5.26 Å². The molecule has 0 radical (unpaired) electrons. The monoisotopic (exact) mass is 399 g/mol. The van der Waals surface area contributed by atoms with Gasteiger partial charge in [-0.05, 0) is 44.0 Å². The van der Waals surface area contributed by atoms with E-state index in [-0.39, 0.29) is 5.60 Å². The van der Waals surface area contributed by atoms with Crippen LogP contribution in [-0.2, 0) is 9.47 Å². The van der Waals surface area contributed by atoms with Crippen LogP contribution in [0.15, 0.2) is 60.4 Å². The maximum absolute atomic E-state index is 9.13. The first kappa shape index (κ1) is 23.4. The molecule has 0 saturated carbocycles. The van der Waals surface area contributed by atoms with Crippen LogP contribution in [0.1, 0.15) is 33.3 Å². The number of nitrogens with zero attached hydrogens (tertiary/aromatic N) is 1. The molecule has 0 unspecified atom stereocenters. The fourth-order valence-corrected chi connectivity index (χ4v) is 2.71. The average molecular weight is 400 g/mol. The minimum atomic E-state index is -0.317. The Morgan fingerprint density at radius 1 is 1.39 bits per heavy atom. The molecular weight excluding hydrogens is 370 g/mol. The maximum atomic E-state index is 9.13. The molecule has 0 amide bonds. The van der Waals surface area contributed by atoms with Gasteiger partial charge in [0.1, 0.15) is 12.7 Å². The minimum absolute atomic E-state index is 0.317. The average Bonchev–Trinajstić information content (AvgIpc) is 3.15. The standard InChI is InChI=1S/C20H23N3O2S.C2H6/c1-5-16(8-7-11-25-14-20(2,3)24-4)26-23-18-10-6-9-17-15(12-21)13-22-19(17)18;1-2/h5-11,13,22-23H,1,14H2,2-4H3;1-2H3/b11-7+,16-8+;. The molecule has 0 spiro atoms. The molecule has 2 aromatic rings. The lowest BCUT2D eigenvalue weighted by atomic mass is 10.2. The molecule has 0 bridgehead atoms. The summed E-state index contributed by atoms with van der Waals surface area (Å²) in [5.74, 6) is 0. The third-order valence-electron chi connectivity index (χ3n) is 3.73. The third kappa shape index (κ3) is 6.84. The zero-order chi connectivity index (χ0) is 21.0. The van der Waals surface area contributed by atoms with E-state index in [0.29, 0.717) is 12.2 Å². The van der Waals surface area contributed by atoms with Gasteiger partial charge in [0.05, 0.1) is 28.6 Å². The second-order valence-electron chi connectivity index (χ2n) is 6.12. The van der Waals surface area contributed by atoms with Crippen molar-refractivity contribution in [3.63, 3.8) is 0 Å². The number of H-pyrrole nitrogens is 1. The van der Waals surface area contributed by atoms with E-state index in [0.717, 1.165) is 21.5 Å². The number of aromatic nitrogens is 1. The second-order valence-corrected chi connectivity index (χ2v) is 7.00. The molecule has 1 heterocycles. The molecule has 2 N–H and O–H groups in total. The number of hydrogen-bond acceptors (Lipinski definition) is 5. The largest absolute Gasteiger partial charge is 0.498 e. The summed E-state index contributed by atoms with van der Waals surface area (Å²) in [5.41, 5.74) is 2.12. The molecule has 6 heteroatoms. The van der Waals surface area contributed by atoms with Gasteiger partial charge in [-0.25, -0.2) is 0 Å². The van der Waals surface area contributed by atoms with E-state index in [9.17, 15) is 0 Å². The summed E-state index contributed by atoms with van der Waals surface area (Å²) in [6.45, 7) is 12.2. The van der Waals surface area contributed by atoms with Crippen molar-refractivity contribution in [2.45, 2.75) is 33.3 Å². The molecule has 1 aromatic heterocycles. The van der Waals surface area contributed by atoms with Crippen LogP contribution in [0.3, 0.4) is 0 Å². The molecule has 0 aliphatic heterocycles. The van der Waals surface area contributed by atoms with Crippen molar-refractivity contribution >= 4 is 28.5 Å². The summed E-state index contributed by atoms with van der Waals surface area (Å²) in [7, 11) is 1.66. The number of nitriles is 1. The van der Waals surface area contributed by atoms with Gasteiger partial charge in [0, 0.05) is 23.6 Å². The number of fused-ring (bicyclic) bond motifs is 1. The van der Waals surface area contributed by atoms with Gasteiger partial charge in [-0.2, -0.15) is 5.26 Å². The molecule has 0 saturated heterocycles. The van der Waals surface area contributed by atoms with Crippen LogP contribution in [0.5, 0.6) is 0 Å². The van der Waals surface area contributed by atoms with Crippen molar-refractivity contribution in [1.82, 2.24) is 4.98 Å². The topological polar surface area (TPSA) is 70.1 Å². The van der Waals surface area contributed by atoms with E-state index in [1.165, 1.54) is 11.9 Å². The Morgan fingerprint density at radius 2 is 2.14 bits per heavy atom. The van der Waals surface area contributed by atoms with E-state index in [1.54, 1.807) is 25.6 Å². The fraction of sp³-hybridized carbons (Fsp3) is 0.318. The van der Waals surface area contributed by atoms with Crippen LogP contribution >= 0.6 is 11.9 Å². The smallest absolute Gasteiger partial charge is 0.116 e. The highest BCUT2D eigenvalue weighted by Gasteiger charge is 2.15. The number of allylic oxidation sites excluding steroid dienone is 3. The molecule has 28 heavy (non-hydrogen) atoms. The van der Waals surface area contributed by atoms with Gasteiger partial charge in [-0.3, -0.25) is 0 Å². The first-order valence-corrected chi connectivity index (χ1v) is 9.91. The lowest BCUT2D eigenvalue weighted by molar-refractivity contribution is -0.0271. The van der Waals surface area contributed by atoms with Gasteiger partial charge >= 0.3 is 0 Å². The zero-order valence-electron chi connectivity index (χ0n) is 17.2. The van der Waals surface area contributed by atoms with Gasteiger partial charge in [-0.1, -0.05) is 38.6 Å². The Balaban J connectivity index is 0.00000190. The Morgan fingerprint density at radius 3 is 2.79 bits per heavy atom. The molecule has 2 rings (SSSR count).